The van der Waals surface area contributed by atoms with Crippen LogP contribution in [0, 0.1) is 5.41 Å². The van der Waals surface area contributed by atoms with E-state index in [9.17, 15) is 4.79 Å². The van der Waals surface area contributed by atoms with Gasteiger partial charge in [0.05, 0.1) is 0 Å². The summed E-state index contributed by atoms with van der Waals surface area (Å²) in [6, 6.07) is 0. The molecule has 0 aliphatic carbocycles. The molecule has 0 atom stereocenters. The fraction of sp³-hybridized carbons (Fsp3) is 0.727. The van der Waals surface area contributed by atoms with Crippen LogP contribution in [-0.4, -0.2) is 22.9 Å². The third-order valence-electron chi connectivity index (χ3n) is 3.78. The first-order valence-electron chi connectivity index (χ1n) is 4.78. The van der Waals surface area contributed by atoms with E-state index >= 15 is 0 Å². The SMILES string of the molecule is C=C1C(=O)N(CC)C(C)(C)C1(C)C. The second-order valence-corrected chi connectivity index (χ2v) is 4.71. The highest BCUT2D eigenvalue weighted by Crippen LogP contribution is 2.47. The summed E-state index contributed by atoms with van der Waals surface area (Å²) in [6.07, 6.45) is 0. The molecule has 1 saturated heterocycles. The van der Waals surface area contributed by atoms with Crippen LogP contribution in [0.4, 0.5) is 0 Å². The molecule has 1 amide bonds. The minimum atomic E-state index is -0.125. The predicted octanol–water partition coefficient (Wildman–Crippen LogP) is 2.21. The number of amides is 1. The van der Waals surface area contributed by atoms with E-state index in [0.29, 0.717) is 0 Å². The van der Waals surface area contributed by atoms with Gasteiger partial charge in [-0.25, -0.2) is 0 Å². The molecule has 1 rings (SSSR count). The Kier molecular flexibility index (Phi) is 2.06. The van der Waals surface area contributed by atoms with Gasteiger partial charge in [-0.15, -0.1) is 0 Å². The Bertz CT molecular complexity index is 263. The molecule has 2 heteroatoms. The summed E-state index contributed by atoms with van der Waals surface area (Å²) < 4.78 is 0. The zero-order chi connectivity index (χ0) is 10.4. The van der Waals surface area contributed by atoms with Gasteiger partial charge in [0, 0.05) is 23.1 Å². The summed E-state index contributed by atoms with van der Waals surface area (Å²) >= 11 is 0. The van der Waals surface area contributed by atoms with Crippen LogP contribution in [0.1, 0.15) is 34.6 Å². The van der Waals surface area contributed by atoms with Crippen LogP contribution in [0.15, 0.2) is 12.2 Å². The fourth-order valence-electron chi connectivity index (χ4n) is 1.93. The zero-order valence-corrected chi connectivity index (χ0v) is 9.27. The summed E-state index contributed by atoms with van der Waals surface area (Å²) in [5, 5.41) is 0. The summed E-state index contributed by atoms with van der Waals surface area (Å²) in [6.45, 7) is 15.0. The van der Waals surface area contributed by atoms with E-state index in [0.717, 1.165) is 12.1 Å². The van der Waals surface area contributed by atoms with Crippen LogP contribution >= 0.6 is 0 Å². The largest absolute Gasteiger partial charge is 0.333 e. The number of carbonyl (C=O) groups is 1. The average molecular weight is 181 g/mol. The molecule has 0 N–H and O–H groups in total. The first kappa shape index (κ1) is 10.3. The van der Waals surface area contributed by atoms with Crippen molar-refractivity contribution < 1.29 is 4.79 Å². The highest BCUT2D eigenvalue weighted by Gasteiger charge is 2.53. The fourth-order valence-corrected chi connectivity index (χ4v) is 1.93. The third kappa shape index (κ3) is 1.04. The monoisotopic (exact) mass is 181 g/mol. The Morgan fingerprint density at radius 2 is 1.77 bits per heavy atom. The molecule has 1 heterocycles. The van der Waals surface area contributed by atoms with Gasteiger partial charge in [-0.3, -0.25) is 4.79 Å². The number of hydrogen-bond donors (Lipinski definition) is 0. The van der Waals surface area contributed by atoms with Gasteiger partial charge in [-0.1, -0.05) is 20.4 Å². The maximum Gasteiger partial charge on any atom is 0.250 e. The van der Waals surface area contributed by atoms with Crippen molar-refractivity contribution >= 4 is 5.91 Å². The second kappa shape index (κ2) is 2.60. The Balaban J connectivity index is 3.21. The van der Waals surface area contributed by atoms with Crippen LogP contribution in [0.2, 0.25) is 0 Å². The molecule has 1 aliphatic rings. The van der Waals surface area contributed by atoms with Gasteiger partial charge in [-0.05, 0) is 20.8 Å². The molecule has 13 heavy (non-hydrogen) atoms. The minimum absolute atomic E-state index is 0.109. The maximum atomic E-state index is 11.8. The lowest BCUT2D eigenvalue weighted by atomic mass is 9.73. The number of rotatable bonds is 1. The second-order valence-electron chi connectivity index (χ2n) is 4.71. The molecule has 0 aromatic heterocycles. The Hall–Kier alpha value is -0.790. The Morgan fingerprint density at radius 1 is 1.31 bits per heavy atom. The van der Waals surface area contributed by atoms with Gasteiger partial charge in [0.1, 0.15) is 0 Å². The molecule has 0 spiro atoms. The molecular weight excluding hydrogens is 162 g/mol. The van der Waals surface area contributed by atoms with E-state index in [4.69, 9.17) is 0 Å². The molecule has 0 aromatic rings. The van der Waals surface area contributed by atoms with E-state index in [1.165, 1.54) is 0 Å². The summed E-state index contributed by atoms with van der Waals surface area (Å²) in [5.74, 6) is 0.109. The normalized spacial score (nSPS) is 25.5. The lowest BCUT2D eigenvalue weighted by molar-refractivity contribution is -0.128. The van der Waals surface area contributed by atoms with Crippen LogP contribution < -0.4 is 0 Å². The van der Waals surface area contributed by atoms with Gasteiger partial charge in [-0.2, -0.15) is 0 Å². The molecule has 1 fully saturated rings. The van der Waals surface area contributed by atoms with E-state index in [1.807, 2.05) is 11.8 Å². The van der Waals surface area contributed by atoms with E-state index in [-0.39, 0.29) is 16.9 Å². The van der Waals surface area contributed by atoms with Gasteiger partial charge >= 0.3 is 0 Å². The van der Waals surface area contributed by atoms with Crippen molar-refractivity contribution in [3.63, 3.8) is 0 Å². The molecule has 74 valence electrons. The first-order valence-corrected chi connectivity index (χ1v) is 4.78. The Labute approximate surface area is 80.6 Å². The standard InChI is InChI=1S/C11H19NO/c1-7-12-9(13)8(2)10(3,4)11(12,5)6/h2,7H2,1,3-6H3. The first-order chi connectivity index (χ1) is 5.76. The van der Waals surface area contributed by atoms with Crippen molar-refractivity contribution in [3.05, 3.63) is 12.2 Å². The molecular formula is C11H19NO. The molecule has 0 bridgehead atoms. The maximum absolute atomic E-state index is 11.8. The molecule has 1 aliphatic heterocycles. The highest BCUT2D eigenvalue weighted by molar-refractivity contribution is 5.98. The number of likely N-dealkylation sites (N-methyl/N-ethyl adjacent to an activating group) is 1. The molecule has 0 saturated carbocycles. The van der Waals surface area contributed by atoms with Crippen LogP contribution in [0.5, 0.6) is 0 Å². The summed E-state index contributed by atoms with van der Waals surface area (Å²) in [4.78, 5) is 13.7. The number of nitrogens with zero attached hydrogens (tertiary/aromatic N) is 1. The highest BCUT2D eigenvalue weighted by atomic mass is 16.2. The van der Waals surface area contributed by atoms with Crippen molar-refractivity contribution in [2.24, 2.45) is 5.41 Å². The average Bonchev–Trinajstić information content (AvgIpc) is 2.12. The van der Waals surface area contributed by atoms with E-state index in [1.54, 1.807) is 0 Å². The van der Waals surface area contributed by atoms with Gasteiger partial charge in [0.2, 0.25) is 5.91 Å². The number of carbonyl (C=O) groups excluding carboxylic acids is 1. The molecule has 2 nitrogen and oxygen atoms in total. The predicted molar refractivity (Wildman–Crippen MR) is 54.4 cm³/mol. The third-order valence-corrected chi connectivity index (χ3v) is 3.78. The van der Waals surface area contributed by atoms with Crippen LogP contribution in [0.3, 0.4) is 0 Å². The van der Waals surface area contributed by atoms with Crippen molar-refractivity contribution in [3.8, 4) is 0 Å². The lowest BCUT2D eigenvalue weighted by Gasteiger charge is -2.39. The van der Waals surface area contributed by atoms with Gasteiger partial charge < -0.3 is 4.90 Å². The number of hydrogen-bond acceptors (Lipinski definition) is 1. The topological polar surface area (TPSA) is 20.3 Å². The van der Waals surface area contributed by atoms with Crippen molar-refractivity contribution in [1.29, 1.82) is 0 Å². The quantitative estimate of drug-likeness (QED) is 0.568. The van der Waals surface area contributed by atoms with Crippen molar-refractivity contribution in [2.75, 3.05) is 6.54 Å². The van der Waals surface area contributed by atoms with Gasteiger partial charge in [0.15, 0.2) is 0 Å². The van der Waals surface area contributed by atoms with Gasteiger partial charge in [0.25, 0.3) is 0 Å². The van der Waals surface area contributed by atoms with Crippen LogP contribution in [0.25, 0.3) is 0 Å². The Morgan fingerprint density at radius 3 is 1.92 bits per heavy atom. The van der Waals surface area contributed by atoms with E-state index < -0.39 is 0 Å². The summed E-state index contributed by atoms with van der Waals surface area (Å²) in [7, 11) is 0. The summed E-state index contributed by atoms with van der Waals surface area (Å²) in [5.41, 5.74) is 0.495. The molecule has 0 unspecified atom stereocenters. The van der Waals surface area contributed by atoms with Crippen LogP contribution in [-0.2, 0) is 4.79 Å². The zero-order valence-electron chi connectivity index (χ0n) is 9.27. The molecule has 0 aromatic carbocycles. The smallest absolute Gasteiger partial charge is 0.250 e. The van der Waals surface area contributed by atoms with Crippen molar-refractivity contribution in [2.45, 2.75) is 40.2 Å². The van der Waals surface area contributed by atoms with E-state index in [2.05, 4.69) is 34.3 Å². The van der Waals surface area contributed by atoms with Crippen molar-refractivity contribution in [1.82, 2.24) is 4.90 Å². The number of likely N-dealkylation sites (tertiary alicyclic amines) is 1. The molecule has 0 radical (unpaired) electrons. The minimum Gasteiger partial charge on any atom is -0.333 e. The lowest BCUT2D eigenvalue weighted by Crippen LogP contribution is -2.47.